The second-order valence-electron chi connectivity index (χ2n) is 3.00. The fraction of sp³-hybridized carbons (Fsp3) is 0.444. The summed E-state index contributed by atoms with van der Waals surface area (Å²) in [5.41, 5.74) is 0. The molecule has 64 valence electrons. The molecule has 0 radical (unpaired) electrons. The van der Waals surface area contributed by atoms with Crippen LogP contribution in [0.5, 0.6) is 0 Å². The highest BCUT2D eigenvalue weighted by atomic mass is 16.3. The molecule has 1 aliphatic heterocycles. The van der Waals surface area contributed by atoms with Crippen molar-refractivity contribution in [1.29, 1.82) is 0 Å². The molecule has 1 N–H and O–H groups in total. The van der Waals surface area contributed by atoms with E-state index in [1.54, 1.807) is 6.20 Å². The zero-order valence-corrected chi connectivity index (χ0v) is 6.85. The molecule has 1 unspecified atom stereocenters. The van der Waals surface area contributed by atoms with Crippen LogP contribution in [0.1, 0.15) is 12.8 Å². The van der Waals surface area contributed by atoms with E-state index in [4.69, 9.17) is 0 Å². The normalized spacial score (nSPS) is 23.1. The second kappa shape index (κ2) is 3.11. The molecule has 0 amide bonds. The first kappa shape index (κ1) is 7.55. The molecule has 1 aliphatic rings. The van der Waals surface area contributed by atoms with Crippen molar-refractivity contribution in [1.82, 2.24) is 4.98 Å². The number of hydrogen-bond acceptors (Lipinski definition) is 3. The van der Waals surface area contributed by atoms with E-state index in [9.17, 15) is 5.11 Å². The van der Waals surface area contributed by atoms with E-state index in [0.717, 1.165) is 25.2 Å². The van der Waals surface area contributed by atoms with E-state index in [1.165, 1.54) is 0 Å². The molecule has 0 bridgehead atoms. The Labute approximate surface area is 71.7 Å². The van der Waals surface area contributed by atoms with Crippen molar-refractivity contribution >= 4 is 5.82 Å². The molecule has 0 saturated carbocycles. The zero-order valence-electron chi connectivity index (χ0n) is 6.85. The van der Waals surface area contributed by atoms with Gasteiger partial charge >= 0.3 is 0 Å². The van der Waals surface area contributed by atoms with Crippen molar-refractivity contribution in [2.75, 3.05) is 11.4 Å². The number of aliphatic hydroxyl groups excluding tert-OH is 1. The molecule has 1 saturated heterocycles. The van der Waals surface area contributed by atoms with E-state index < -0.39 is 0 Å². The van der Waals surface area contributed by atoms with E-state index in [0.29, 0.717) is 0 Å². The summed E-state index contributed by atoms with van der Waals surface area (Å²) in [4.78, 5) is 6.11. The lowest BCUT2D eigenvalue weighted by molar-refractivity contribution is 0.185. The van der Waals surface area contributed by atoms with Crippen molar-refractivity contribution < 1.29 is 5.11 Å². The fourth-order valence-electron chi connectivity index (χ4n) is 1.54. The summed E-state index contributed by atoms with van der Waals surface area (Å²) in [6, 6.07) is 5.74. The van der Waals surface area contributed by atoms with Crippen LogP contribution < -0.4 is 4.90 Å². The first-order chi connectivity index (χ1) is 5.88. The number of aliphatic hydroxyl groups is 1. The summed E-state index contributed by atoms with van der Waals surface area (Å²) in [5, 5.41) is 9.53. The van der Waals surface area contributed by atoms with E-state index in [-0.39, 0.29) is 6.23 Å². The molecule has 3 nitrogen and oxygen atoms in total. The van der Waals surface area contributed by atoms with Crippen LogP contribution in [0.4, 0.5) is 5.82 Å². The molecule has 1 fully saturated rings. The van der Waals surface area contributed by atoms with Crippen LogP contribution in [0.25, 0.3) is 0 Å². The minimum Gasteiger partial charge on any atom is -0.374 e. The maximum atomic E-state index is 9.53. The lowest BCUT2D eigenvalue weighted by atomic mass is 10.4. The monoisotopic (exact) mass is 164 g/mol. The Bertz CT molecular complexity index is 250. The van der Waals surface area contributed by atoms with Gasteiger partial charge in [0.25, 0.3) is 0 Å². The van der Waals surface area contributed by atoms with Crippen LogP contribution in [0.15, 0.2) is 24.4 Å². The predicted octanol–water partition coefficient (Wildman–Crippen LogP) is 1.00. The van der Waals surface area contributed by atoms with Crippen LogP contribution in [0.3, 0.4) is 0 Å². The first-order valence-corrected chi connectivity index (χ1v) is 4.23. The fourth-order valence-corrected chi connectivity index (χ4v) is 1.54. The highest BCUT2D eigenvalue weighted by molar-refractivity contribution is 5.39. The summed E-state index contributed by atoms with van der Waals surface area (Å²) in [7, 11) is 0. The van der Waals surface area contributed by atoms with E-state index >= 15 is 0 Å². The molecule has 1 atom stereocenters. The molecule has 2 rings (SSSR count). The summed E-state index contributed by atoms with van der Waals surface area (Å²) in [5.74, 6) is 0.877. The maximum Gasteiger partial charge on any atom is 0.130 e. The third-order valence-electron chi connectivity index (χ3n) is 2.16. The Balaban J connectivity index is 2.19. The van der Waals surface area contributed by atoms with Gasteiger partial charge in [0.05, 0.1) is 0 Å². The van der Waals surface area contributed by atoms with Crippen molar-refractivity contribution in [2.45, 2.75) is 19.1 Å². The van der Waals surface area contributed by atoms with Gasteiger partial charge in [0, 0.05) is 12.7 Å². The second-order valence-corrected chi connectivity index (χ2v) is 3.00. The van der Waals surface area contributed by atoms with Gasteiger partial charge < -0.3 is 10.0 Å². The standard InChI is InChI=1S/C9H12N2O/c12-9-5-3-7-11(9)8-4-1-2-6-10-8/h1-2,4,6,9,12H,3,5,7H2. The van der Waals surface area contributed by atoms with Gasteiger partial charge in [-0.25, -0.2) is 4.98 Å². The van der Waals surface area contributed by atoms with Crippen LogP contribution in [-0.4, -0.2) is 22.9 Å². The van der Waals surface area contributed by atoms with E-state index in [1.807, 2.05) is 23.1 Å². The third kappa shape index (κ3) is 1.28. The largest absolute Gasteiger partial charge is 0.374 e. The Hall–Kier alpha value is -1.09. The molecular formula is C9H12N2O. The van der Waals surface area contributed by atoms with Crippen LogP contribution in [0, 0.1) is 0 Å². The predicted molar refractivity (Wildman–Crippen MR) is 46.8 cm³/mol. The lowest BCUT2D eigenvalue weighted by Crippen LogP contribution is -2.29. The van der Waals surface area contributed by atoms with Gasteiger partial charge in [-0.3, -0.25) is 0 Å². The van der Waals surface area contributed by atoms with Crippen molar-refractivity contribution in [3.63, 3.8) is 0 Å². The smallest absolute Gasteiger partial charge is 0.130 e. The Morgan fingerprint density at radius 2 is 2.42 bits per heavy atom. The van der Waals surface area contributed by atoms with Gasteiger partial charge in [0.2, 0.25) is 0 Å². The molecule has 3 heteroatoms. The average molecular weight is 164 g/mol. The average Bonchev–Trinajstić information content (AvgIpc) is 2.53. The minimum atomic E-state index is -0.333. The SMILES string of the molecule is OC1CCCN1c1ccccn1. The molecule has 1 aromatic rings. The Kier molecular flexibility index (Phi) is 1.96. The zero-order chi connectivity index (χ0) is 8.39. The Morgan fingerprint density at radius 3 is 3.00 bits per heavy atom. The van der Waals surface area contributed by atoms with Gasteiger partial charge in [0.1, 0.15) is 12.0 Å². The van der Waals surface area contributed by atoms with Gasteiger partial charge in [-0.15, -0.1) is 0 Å². The van der Waals surface area contributed by atoms with Crippen LogP contribution >= 0.6 is 0 Å². The van der Waals surface area contributed by atoms with Crippen LogP contribution in [-0.2, 0) is 0 Å². The minimum absolute atomic E-state index is 0.333. The van der Waals surface area contributed by atoms with Gasteiger partial charge in [-0.2, -0.15) is 0 Å². The molecule has 0 aliphatic carbocycles. The van der Waals surface area contributed by atoms with Crippen LogP contribution in [0.2, 0.25) is 0 Å². The lowest BCUT2D eigenvalue weighted by Gasteiger charge is -2.20. The van der Waals surface area contributed by atoms with Gasteiger partial charge in [-0.1, -0.05) is 6.07 Å². The topological polar surface area (TPSA) is 36.4 Å². The number of pyridine rings is 1. The number of hydrogen-bond donors (Lipinski definition) is 1. The number of anilines is 1. The molecule has 0 aromatic carbocycles. The van der Waals surface area contributed by atoms with Crippen molar-refractivity contribution in [3.8, 4) is 0 Å². The molecule has 12 heavy (non-hydrogen) atoms. The summed E-state index contributed by atoms with van der Waals surface area (Å²) >= 11 is 0. The summed E-state index contributed by atoms with van der Waals surface area (Å²) < 4.78 is 0. The number of rotatable bonds is 1. The highest BCUT2D eigenvalue weighted by Crippen LogP contribution is 2.20. The summed E-state index contributed by atoms with van der Waals surface area (Å²) in [6.45, 7) is 0.915. The first-order valence-electron chi connectivity index (χ1n) is 4.23. The maximum absolute atomic E-state index is 9.53. The molecule has 2 heterocycles. The number of nitrogens with zero attached hydrogens (tertiary/aromatic N) is 2. The van der Waals surface area contributed by atoms with Crippen molar-refractivity contribution in [3.05, 3.63) is 24.4 Å². The Morgan fingerprint density at radius 1 is 1.50 bits per heavy atom. The quantitative estimate of drug-likeness (QED) is 0.672. The van der Waals surface area contributed by atoms with Crippen molar-refractivity contribution in [2.24, 2.45) is 0 Å². The molecular weight excluding hydrogens is 152 g/mol. The highest BCUT2D eigenvalue weighted by Gasteiger charge is 2.22. The molecule has 1 aromatic heterocycles. The number of aromatic nitrogens is 1. The third-order valence-corrected chi connectivity index (χ3v) is 2.16. The van der Waals surface area contributed by atoms with E-state index in [2.05, 4.69) is 4.98 Å². The molecule has 0 spiro atoms. The van der Waals surface area contributed by atoms with Gasteiger partial charge in [0.15, 0.2) is 0 Å². The van der Waals surface area contributed by atoms with Gasteiger partial charge in [-0.05, 0) is 25.0 Å². The summed E-state index contributed by atoms with van der Waals surface area (Å²) in [6.07, 6.45) is 3.33.